The van der Waals surface area contributed by atoms with Crippen molar-refractivity contribution < 1.29 is 4.79 Å². The van der Waals surface area contributed by atoms with Gasteiger partial charge in [-0.1, -0.05) is 24.6 Å². The van der Waals surface area contributed by atoms with E-state index in [1.807, 2.05) is 24.3 Å². The highest BCUT2D eigenvalue weighted by Crippen LogP contribution is 2.44. The van der Waals surface area contributed by atoms with Gasteiger partial charge in [0.2, 0.25) is 0 Å². The summed E-state index contributed by atoms with van der Waals surface area (Å²) in [6.07, 6.45) is 0.937. The second kappa shape index (κ2) is 4.11. The number of nitrogens with two attached hydrogens (primary N) is 1. The summed E-state index contributed by atoms with van der Waals surface area (Å²) in [5, 5.41) is 0.760. The molecule has 1 heterocycles. The molecule has 1 amide bonds. The lowest BCUT2D eigenvalue weighted by atomic mass is 9.84. The molecule has 1 unspecified atom stereocenters. The summed E-state index contributed by atoms with van der Waals surface area (Å²) in [7, 11) is 0. The van der Waals surface area contributed by atoms with Crippen LogP contribution in [0.15, 0.2) is 24.3 Å². The lowest BCUT2D eigenvalue weighted by Gasteiger charge is -2.22. The van der Waals surface area contributed by atoms with E-state index < -0.39 is 0 Å². The number of carbonyl (C=O) groups is 1. The number of thiophene rings is 1. The Bertz CT molecular complexity index is 647. The van der Waals surface area contributed by atoms with Crippen molar-refractivity contribution in [2.45, 2.75) is 19.3 Å². The van der Waals surface area contributed by atoms with Crippen LogP contribution in [0.2, 0.25) is 5.02 Å². The summed E-state index contributed by atoms with van der Waals surface area (Å²) in [4.78, 5) is 13.1. The first-order valence-electron chi connectivity index (χ1n) is 5.78. The van der Waals surface area contributed by atoms with Crippen LogP contribution in [0.1, 0.15) is 33.6 Å². The van der Waals surface area contributed by atoms with Crippen molar-refractivity contribution in [2.24, 2.45) is 5.73 Å². The minimum atomic E-state index is -0.349. The van der Waals surface area contributed by atoms with Crippen LogP contribution in [0.25, 0.3) is 10.4 Å². The fourth-order valence-electron chi connectivity index (χ4n) is 2.52. The number of primary amides is 1. The van der Waals surface area contributed by atoms with E-state index >= 15 is 0 Å². The van der Waals surface area contributed by atoms with Crippen molar-refractivity contribution in [3.63, 3.8) is 0 Å². The number of halogens is 1. The van der Waals surface area contributed by atoms with Gasteiger partial charge in [-0.15, -0.1) is 11.3 Å². The molecule has 92 valence electrons. The number of fused-ring (bicyclic) bond motifs is 3. The molecule has 0 saturated heterocycles. The maximum absolute atomic E-state index is 11.3. The van der Waals surface area contributed by atoms with Gasteiger partial charge >= 0.3 is 0 Å². The number of amides is 1. The summed E-state index contributed by atoms with van der Waals surface area (Å²) in [5.41, 5.74) is 9.02. The molecule has 1 aromatic carbocycles. The second-order valence-electron chi connectivity index (χ2n) is 4.67. The Morgan fingerprint density at radius 3 is 2.94 bits per heavy atom. The van der Waals surface area contributed by atoms with E-state index in [0.29, 0.717) is 10.8 Å². The number of carbonyl (C=O) groups excluding carboxylic acids is 1. The summed E-state index contributed by atoms with van der Waals surface area (Å²) in [6, 6.07) is 7.88. The molecule has 1 atom stereocenters. The highest BCUT2D eigenvalue weighted by molar-refractivity contribution is 7.17. The summed E-state index contributed by atoms with van der Waals surface area (Å²) < 4.78 is 0. The van der Waals surface area contributed by atoms with Gasteiger partial charge in [-0.25, -0.2) is 0 Å². The molecule has 2 aromatic rings. The molecule has 1 aliphatic rings. The quantitative estimate of drug-likeness (QED) is 0.846. The molecule has 0 saturated carbocycles. The third kappa shape index (κ3) is 1.74. The number of rotatable bonds is 1. The Morgan fingerprint density at radius 1 is 1.44 bits per heavy atom. The predicted octanol–water partition coefficient (Wildman–Crippen LogP) is 3.83. The third-order valence-electron chi connectivity index (χ3n) is 3.37. The van der Waals surface area contributed by atoms with Crippen LogP contribution in [-0.2, 0) is 6.42 Å². The minimum Gasteiger partial charge on any atom is -0.365 e. The molecule has 0 bridgehead atoms. The van der Waals surface area contributed by atoms with E-state index in [9.17, 15) is 4.79 Å². The normalized spacial score (nSPS) is 17.1. The molecule has 4 heteroatoms. The second-order valence-corrected chi connectivity index (χ2v) is 6.15. The fraction of sp³-hybridized carbons (Fsp3) is 0.214. The van der Waals surface area contributed by atoms with Gasteiger partial charge in [0.1, 0.15) is 0 Å². The lowest BCUT2D eigenvalue weighted by molar-refractivity contribution is 0.100. The number of benzene rings is 1. The van der Waals surface area contributed by atoms with Crippen molar-refractivity contribution in [3.05, 3.63) is 45.3 Å². The summed E-state index contributed by atoms with van der Waals surface area (Å²) in [6.45, 7) is 2.18. The first-order valence-corrected chi connectivity index (χ1v) is 6.98. The van der Waals surface area contributed by atoms with Gasteiger partial charge < -0.3 is 5.73 Å². The van der Waals surface area contributed by atoms with Crippen LogP contribution in [0.5, 0.6) is 0 Å². The van der Waals surface area contributed by atoms with E-state index in [2.05, 4.69) is 6.92 Å². The SMILES string of the molecule is CC1Cc2cc(C(N)=O)sc2-c2ccc(Cl)cc21. The largest absolute Gasteiger partial charge is 0.365 e. The van der Waals surface area contributed by atoms with Crippen molar-refractivity contribution in [1.82, 2.24) is 0 Å². The van der Waals surface area contributed by atoms with Crippen LogP contribution in [0.3, 0.4) is 0 Å². The van der Waals surface area contributed by atoms with Crippen molar-refractivity contribution in [1.29, 1.82) is 0 Å². The monoisotopic (exact) mass is 277 g/mol. The Labute approximate surface area is 114 Å². The Balaban J connectivity index is 2.22. The number of hydrogen-bond acceptors (Lipinski definition) is 2. The van der Waals surface area contributed by atoms with Crippen molar-refractivity contribution in [2.75, 3.05) is 0 Å². The molecule has 0 radical (unpaired) electrons. The Kier molecular flexibility index (Phi) is 2.68. The molecule has 0 aliphatic heterocycles. The standard InChI is InChI=1S/C14H12ClNOS/c1-7-4-8-5-12(14(16)17)18-13(8)10-3-2-9(15)6-11(7)10/h2-3,5-7H,4H2,1H3,(H2,16,17). The molecule has 2 nitrogen and oxygen atoms in total. The molecule has 1 aliphatic carbocycles. The maximum atomic E-state index is 11.3. The minimum absolute atomic E-state index is 0.349. The smallest absolute Gasteiger partial charge is 0.258 e. The van der Waals surface area contributed by atoms with Crippen molar-refractivity contribution >= 4 is 28.8 Å². The van der Waals surface area contributed by atoms with E-state index in [1.54, 1.807) is 0 Å². The van der Waals surface area contributed by atoms with Gasteiger partial charge in [-0.3, -0.25) is 4.79 Å². The van der Waals surface area contributed by atoms with Gasteiger partial charge in [0.15, 0.2) is 0 Å². The topological polar surface area (TPSA) is 43.1 Å². The molecular weight excluding hydrogens is 266 g/mol. The van der Waals surface area contributed by atoms with Gasteiger partial charge in [0.25, 0.3) is 5.91 Å². The highest BCUT2D eigenvalue weighted by atomic mass is 35.5. The van der Waals surface area contributed by atoms with Gasteiger partial charge in [-0.2, -0.15) is 0 Å². The average molecular weight is 278 g/mol. The number of hydrogen-bond donors (Lipinski definition) is 1. The fourth-order valence-corrected chi connectivity index (χ4v) is 3.79. The molecule has 2 N–H and O–H groups in total. The van der Waals surface area contributed by atoms with Crippen LogP contribution in [0.4, 0.5) is 0 Å². The molecule has 0 fully saturated rings. The zero-order valence-corrected chi connectivity index (χ0v) is 11.4. The first-order chi connectivity index (χ1) is 8.56. The van der Waals surface area contributed by atoms with Crippen LogP contribution in [0, 0.1) is 0 Å². The Morgan fingerprint density at radius 2 is 2.22 bits per heavy atom. The molecular formula is C14H12ClNOS. The molecule has 1 aromatic heterocycles. The zero-order valence-electron chi connectivity index (χ0n) is 9.87. The predicted molar refractivity (Wildman–Crippen MR) is 75.4 cm³/mol. The summed E-state index contributed by atoms with van der Waals surface area (Å²) in [5.74, 6) is 0.0686. The Hall–Kier alpha value is -1.32. The van der Waals surface area contributed by atoms with E-state index in [-0.39, 0.29) is 5.91 Å². The first kappa shape index (κ1) is 11.8. The van der Waals surface area contributed by atoms with Crippen LogP contribution < -0.4 is 5.73 Å². The van der Waals surface area contributed by atoms with Crippen molar-refractivity contribution in [3.8, 4) is 10.4 Å². The van der Waals surface area contributed by atoms with Crippen LogP contribution in [-0.4, -0.2) is 5.91 Å². The molecule has 3 rings (SSSR count). The van der Waals surface area contributed by atoms with Gasteiger partial charge in [-0.05, 0) is 47.2 Å². The van der Waals surface area contributed by atoms with Gasteiger partial charge in [0.05, 0.1) is 4.88 Å². The van der Waals surface area contributed by atoms with Crippen LogP contribution >= 0.6 is 22.9 Å². The molecule has 0 spiro atoms. The third-order valence-corrected chi connectivity index (χ3v) is 4.83. The maximum Gasteiger partial charge on any atom is 0.258 e. The van der Waals surface area contributed by atoms with Gasteiger partial charge in [0, 0.05) is 9.90 Å². The highest BCUT2D eigenvalue weighted by Gasteiger charge is 2.25. The average Bonchev–Trinajstić information content (AvgIpc) is 2.73. The van der Waals surface area contributed by atoms with E-state index in [4.69, 9.17) is 17.3 Å². The van der Waals surface area contributed by atoms with E-state index in [0.717, 1.165) is 16.3 Å². The summed E-state index contributed by atoms with van der Waals surface area (Å²) >= 11 is 7.53. The zero-order chi connectivity index (χ0) is 12.9. The molecule has 18 heavy (non-hydrogen) atoms. The van der Waals surface area contributed by atoms with E-state index in [1.165, 1.54) is 28.0 Å². The lowest BCUT2D eigenvalue weighted by Crippen LogP contribution is -2.08.